The minimum Gasteiger partial charge on any atom is -0.353 e. The smallest absolute Gasteiger partial charge is 0.121 e. The van der Waals surface area contributed by atoms with Gasteiger partial charge in [-0.15, -0.1) is 0 Å². The quantitative estimate of drug-likeness (QED) is 0.431. The van der Waals surface area contributed by atoms with Crippen LogP contribution in [0, 0.1) is 0 Å². The maximum atomic E-state index is 4.90. The summed E-state index contributed by atoms with van der Waals surface area (Å²) in [6.45, 7) is 0. The standard InChI is InChI=1S/C24H13N7/c1-4-13-10-14(5-1)16-7-3-9-18(30-16)20-24-22(28-12-26-20)21-23(31-24)19(25-11-27-21)17-8-2-6-15(13)29-17/h1-12,29H. The number of dihydropyridines is 1. The van der Waals surface area contributed by atoms with Crippen LogP contribution < -0.4 is 16.0 Å². The van der Waals surface area contributed by atoms with E-state index >= 15 is 0 Å². The molecule has 1 aromatic carbocycles. The zero-order valence-corrected chi connectivity index (χ0v) is 16.1. The molecule has 6 heterocycles. The van der Waals surface area contributed by atoms with E-state index in [2.05, 4.69) is 49.5 Å². The molecule has 0 radical (unpaired) electrons. The average molecular weight is 399 g/mol. The molecule has 7 heteroatoms. The second-order valence-corrected chi connectivity index (χ2v) is 7.42. The van der Waals surface area contributed by atoms with Crippen LogP contribution in [0.15, 0.2) is 78.3 Å². The molecule has 7 rings (SSSR count). The Labute approximate surface area is 176 Å². The average Bonchev–Trinajstić information content (AvgIpc) is 3.23. The van der Waals surface area contributed by atoms with Crippen LogP contribution in [0.3, 0.4) is 0 Å². The summed E-state index contributed by atoms with van der Waals surface area (Å²) in [6, 6.07) is 14.3. The summed E-state index contributed by atoms with van der Waals surface area (Å²) in [5, 5.41) is 4.93. The van der Waals surface area contributed by atoms with E-state index < -0.39 is 0 Å². The zero-order valence-electron chi connectivity index (χ0n) is 16.1. The second kappa shape index (κ2) is 5.99. The lowest BCUT2D eigenvalue weighted by molar-refractivity contribution is 1.05. The molecule has 144 valence electrons. The predicted octanol–water partition coefficient (Wildman–Crippen LogP) is 2.55. The fraction of sp³-hybridized carbons (Fsp3) is 0. The van der Waals surface area contributed by atoms with Gasteiger partial charge in [0, 0.05) is 11.3 Å². The van der Waals surface area contributed by atoms with Crippen molar-refractivity contribution in [2.24, 2.45) is 4.99 Å². The first-order chi connectivity index (χ1) is 15.3. The predicted molar refractivity (Wildman–Crippen MR) is 116 cm³/mol. The molecule has 0 spiro atoms. The van der Waals surface area contributed by atoms with Crippen molar-refractivity contribution >= 4 is 17.1 Å². The maximum absolute atomic E-state index is 4.90. The third-order valence-corrected chi connectivity index (χ3v) is 5.60. The van der Waals surface area contributed by atoms with Crippen molar-refractivity contribution in [1.29, 1.82) is 0 Å². The number of hydrogen-bond acceptors (Lipinski definition) is 7. The van der Waals surface area contributed by atoms with Gasteiger partial charge in [-0.1, -0.05) is 30.3 Å². The van der Waals surface area contributed by atoms with Crippen molar-refractivity contribution in [3.8, 4) is 34.0 Å². The third kappa shape index (κ3) is 2.34. The summed E-state index contributed by atoms with van der Waals surface area (Å²) in [5.74, 6) is 0. The van der Waals surface area contributed by atoms with E-state index in [0.717, 1.165) is 39.3 Å². The van der Waals surface area contributed by atoms with Gasteiger partial charge in [-0.2, -0.15) is 0 Å². The minimum atomic E-state index is 0.672. The van der Waals surface area contributed by atoms with Crippen molar-refractivity contribution < 1.29 is 0 Å². The Hall–Kier alpha value is -4.52. The largest absolute Gasteiger partial charge is 0.353 e. The zero-order chi connectivity index (χ0) is 20.4. The number of rotatable bonds is 0. The number of allylic oxidation sites excluding steroid dienone is 2. The Morgan fingerprint density at radius 3 is 2.55 bits per heavy atom. The van der Waals surface area contributed by atoms with Gasteiger partial charge in [0.25, 0.3) is 0 Å². The molecule has 0 saturated heterocycles. The lowest BCUT2D eigenvalue weighted by atomic mass is 10.0. The molecule has 31 heavy (non-hydrogen) atoms. The van der Waals surface area contributed by atoms with Gasteiger partial charge in [-0.05, 0) is 35.9 Å². The molecule has 3 aromatic heterocycles. The van der Waals surface area contributed by atoms with Gasteiger partial charge in [-0.25, -0.2) is 29.9 Å². The first-order valence-electron chi connectivity index (χ1n) is 9.88. The van der Waals surface area contributed by atoms with Gasteiger partial charge >= 0.3 is 0 Å². The van der Waals surface area contributed by atoms with Crippen LogP contribution in [0.2, 0.25) is 0 Å². The van der Waals surface area contributed by atoms with Crippen LogP contribution in [0.25, 0.3) is 45.4 Å². The van der Waals surface area contributed by atoms with E-state index in [1.54, 1.807) is 12.7 Å². The Balaban J connectivity index is 1.65. The minimum absolute atomic E-state index is 0.672. The number of hydrogen-bond donors (Lipinski definition) is 1. The van der Waals surface area contributed by atoms with Crippen molar-refractivity contribution in [2.75, 3.05) is 0 Å². The summed E-state index contributed by atoms with van der Waals surface area (Å²) < 4.78 is 0. The molecule has 3 aliphatic heterocycles. The molecule has 0 saturated carbocycles. The van der Waals surface area contributed by atoms with Crippen LogP contribution in [-0.2, 0) is 0 Å². The first-order valence-corrected chi connectivity index (χ1v) is 9.88. The van der Waals surface area contributed by atoms with Crippen LogP contribution in [0.1, 0.15) is 5.56 Å². The highest BCUT2D eigenvalue weighted by molar-refractivity contribution is 5.85. The molecular weight excluding hydrogens is 386 g/mol. The van der Waals surface area contributed by atoms with Gasteiger partial charge in [0.2, 0.25) is 0 Å². The number of benzene rings is 1. The van der Waals surface area contributed by atoms with Crippen molar-refractivity contribution in [2.45, 2.75) is 0 Å². The van der Waals surface area contributed by atoms with Crippen molar-refractivity contribution in [3.05, 3.63) is 89.6 Å². The summed E-state index contributed by atoms with van der Waals surface area (Å²) in [4.78, 5) is 27.8. The van der Waals surface area contributed by atoms with Crippen LogP contribution in [0.4, 0.5) is 5.69 Å². The Morgan fingerprint density at radius 2 is 1.55 bits per heavy atom. The highest BCUT2D eigenvalue weighted by Crippen LogP contribution is 2.36. The van der Waals surface area contributed by atoms with E-state index in [1.165, 1.54) is 0 Å². The molecule has 0 fully saturated rings. The second-order valence-electron chi connectivity index (χ2n) is 7.42. The number of fused-ring (bicyclic) bond motifs is 10. The van der Waals surface area contributed by atoms with Crippen LogP contribution >= 0.6 is 0 Å². The normalized spacial score (nSPS) is 14.3. The lowest BCUT2D eigenvalue weighted by Crippen LogP contribution is -2.35. The van der Waals surface area contributed by atoms with E-state index in [0.29, 0.717) is 28.1 Å². The third-order valence-electron chi connectivity index (χ3n) is 5.60. The maximum Gasteiger partial charge on any atom is 0.121 e. The highest BCUT2D eigenvalue weighted by atomic mass is 15.0. The Bertz CT molecular complexity index is 1620. The molecule has 4 aromatic rings. The van der Waals surface area contributed by atoms with E-state index in [9.17, 15) is 0 Å². The molecule has 3 aliphatic rings. The summed E-state index contributed by atoms with van der Waals surface area (Å²) in [6.07, 6.45) is 9.16. The molecule has 8 bridgehead atoms. The summed E-state index contributed by atoms with van der Waals surface area (Å²) >= 11 is 0. The molecule has 0 amide bonds. The number of nitrogens with one attached hydrogen (secondary N) is 1. The number of nitrogens with zero attached hydrogens (tertiary/aromatic N) is 6. The topological polar surface area (TPSA) is 88.8 Å². The number of aromatic nitrogens is 5. The van der Waals surface area contributed by atoms with Crippen molar-refractivity contribution in [3.63, 3.8) is 0 Å². The van der Waals surface area contributed by atoms with Gasteiger partial charge in [0.15, 0.2) is 0 Å². The van der Waals surface area contributed by atoms with E-state index in [-0.39, 0.29) is 0 Å². The molecule has 1 N–H and O–H groups in total. The monoisotopic (exact) mass is 399 g/mol. The van der Waals surface area contributed by atoms with E-state index in [1.807, 2.05) is 36.4 Å². The van der Waals surface area contributed by atoms with Gasteiger partial charge in [0.05, 0.1) is 17.1 Å². The van der Waals surface area contributed by atoms with Gasteiger partial charge in [-0.3, -0.25) is 0 Å². The van der Waals surface area contributed by atoms with E-state index in [4.69, 9.17) is 9.98 Å². The van der Waals surface area contributed by atoms with Crippen LogP contribution in [0.5, 0.6) is 0 Å². The Morgan fingerprint density at radius 1 is 0.742 bits per heavy atom. The summed E-state index contributed by atoms with van der Waals surface area (Å²) in [5.41, 5.74) is 8.30. The fourth-order valence-electron chi connectivity index (χ4n) is 4.16. The fourth-order valence-corrected chi connectivity index (χ4v) is 4.16. The molecule has 0 aliphatic carbocycles. The molecule has 0 atom stereocenters. The molecule has 7 nitrogen and oxygen atoms in total. The van der Waals surface area contributed by atoms with Gasteiger partial charge < -0.3 is 5.32 Å². The Kier molecular flexibility index (Phi) is 3.15. The van der Waals surface area contributed by atoms with Gasteiger partial charge in [0.1, 0.15) is 46.1 Å². The lowest BCUT2D eigenvalue weighted by Gasteiger charge is -2.16. The SMILES string of the molecule is C1=CC2=c3ncnc4c3=Nc3c(ncnc3-4)-c3cccc(n3)-c3cccc(c3)C(=C1)N2. The highest BCUT2D eigenvalue weighted by Gasteiger charge is 2.24. The molecule has 0 unspecified atom stereocenters. The summed E-state index contributed by atoms with van der Waals surface area (Å²) in [7, 11) is 0. The first kappa shape index (κ1) is 16.3. The van der Waals surface area contributed by atoms with Crippen molar-refractivity contribution in [1.82, 2.24) is 30.2 Å². The van der Waals surface area contributed by atoms with Crippen LogP contribution in [-0.4, -0.2) is 24.9 Å². The molecular formula is C24H13N7. The number of pyridine rings is 1.